The fourth-order valence-electron chi connectivity index (χ4n) is 0.884. The van der Waals surface area contributed by atoms with Crippen LogP contribution in [0, 0.1) is 11.8 Å². The maximum atomic E-state index is 10.0. The van der Waals surface area contributed by atoms with Crippen LogP contribution in [0.5, 0.6) is 0 Å². The Kier molecular flexibility index (Phi) is 8.02. The number of aliphatic carboxylic acids is 1. The van der Waals surface area contributed by atoms with Crippen molar-refractivity contribution in [3.63, 3.8) is 0 Å². The lowest BCUT2D eigenvalue weighted by molar-refractivity contribution is -0.131. The Balaban J connectivity index is 3.35. The van der Waals surface area contributed by atoms with Gasteiger partial charge in [-0.3, -0.25) is 0 Å². The third-order valence-electron chi connectivity index (χ3n) is 1.57. The second-order valence-corrected chi connectivity index (χ2v) is 2.80. The van der Waals surface area contributed by atoms with Crippen LogP contribution in [0.2, 0.25) is 0 Å². The second kappa shape index (κ2) is 8.86. The number of rotatable bonds is 5. The maximum Gasteiger partial charge on any atom is 0.328 e. The van der Waals surface area contributed by atoms with Gasteiger partial charge in [0.05, 0.1) is 0 Å². The molecule has 72 valence electrons. The number of hydrogen-bond donors (Lipinski definition) is 1. The molecule has 0 radical (unpaired) electrons. The van der Waals surface area contributed by atoms with Gasteiger partial charge < -0.3 is 5.11 Å². The second-order valence-electron chi connectivity index (χ2n) is 2.80. The summed E-state index contributed by atoms with van der Waals surface area (Å²) >= 11 is 0. The Labute approximate surface area is 79.7 Å². The van der Waals surface area contributed by atoms with Crippen LogP contribution in [0.1, 0.15) is 39.0 Å². The molecule has 0 amide bonds. The summed E-state index contributed by atoms with van der Waals surface area (Å²) in [6.45, 7) is 2.17. The first-order valence-corrected chi connectivity index (χ1v) is 4.65. The Hall–Kier alpha value is -1.23. The minimum absolute atomic E-state index is 0.865. The van der Waals surface area contributed by atoms with Crippen molar-refractivity contribution < 1.29 is 9.90 Å². The topological polar surface area (TPSA) is 37.3 Å². The van der Waals surface area contributed by atoms with Crippen molar-refractivity contribution in [1.82, 2.24) is 0 Å². The number of carboxylic acid groups (broad SMARTS) is 1. The zero-order valence-electron chi connectivity index (χ0n) is 8.05. The molecule has 0 aromatic rings. The zero-order chi connectivity index (χ0) is 9.94. The molecule has 0 saturated heterocycles. The lowest BCUT2D eigenvalue weighted by atomic mass is 10.2. The van der Waals surface area contributed by atoms with Gasteiger partial charge in [0.15, 0.2) is 0 Å². The summed E-state index contributed by atoms with van der Waals surface area (Å²) in [5.41, 5.74) is 0. The Morgan fingerprint density at radius 2 is 2.15 bits per heavy atom. The minimum atomic E-state index is -0.944. The van der Waals surface area contributed by atoms with Gasteiger partial charge >= 0.3 is 5.97 Å². The highest BCUT2D eigenvalue weighted by Crippen LogP contribution is 2.00. The molecule has 0 aliphatic rings. The molecular weight excluding hydrogens is 164 g/mol. The van der Waals surface area contributed by atoms with E-state index in [-0.39, 0.29) is 0 Å². The van der Waals surface area contributed by atoms with Crippen molar-refractivity contribution in [2.45, 2.75) is 39.0 Å². The van der Waals surface area contributed by atoms with Crippen LogP contribution in [0.15, 0.2) is 12.2 Å². The van der Waals surface area contributed by atoms with E-state index in [1.54, 1.807) is 0 Å². The lowest BCUT2D eigenvalue weighted by Crippen LogP contribution is -1.84. The first kappa shape index (κ1) is 11.8. The van der Waals surface area contributed by atoms with Gasteiger partial charge in [0.25, 0.3) is 0 Å². The molecule has 0 saturated carbocycles. The predicted molar refractivity (Wildman–Crippen MR) is 53.3 cm³/mol. The van der Waals surface area contributed by atoms with Gasteiger partial charge in [0.2, 0.25) is 0 Å². The minimum Gasteiger partial charge on any atom is -0.478 e. The molecule has 0 aromatic heterocycles. The maximum absolute atomic E-state index is 10.0. The Bertz CT molecular complexity index is 218. The number of carbonyl (C=O) groups is 1. The molecule has 0 bridgehead atoms. The fourth-order valence-corrected chi connectivity index (χ4v) is 0.884. The lowest BCUT2D eigenvalue weighted by Gasteiger charge is -1.91. The van der Waals surface area contributed by atoms with Gasteiger partial charge in [-0.05, 0) is 12.5 Å². The largest absolute Gasteiger partial charge is 0.478 e. The van der Waals surface area contributed by atoms with Crippen molar-refractivity contribution in [3.8, 4) is 11.8 Å². The van der Waals surface area contributed by atoms with Crippen LogP contribution in [0.4, 0.5) is 0 Å². The fraction of sp³-hybridized carbons (Fsp3) is 0.545. The molecule has 2 nitrogen and oxygen atoms in total. The first-order chi connectivity index (χ1) is 6.27. The number of carboxylic acids is 1. The SMILES string of the molecule is CCCCCCC#C/C=C\C(=O)O. The van der Waals surface area contributed by atoms with Gasteiger partial charge in [-0.25, -0.2) is 4.79 Å². The summed E-state index contributed by atoms with van der Waals surface area (Å²) in [6, 6.07) is 0. The van der Waals surface area contributed by atoms with E-state index < -0.39 is 5.97 Å². The molecule has 0 aromatic carbocycles. The Morgan fingerprint density at radius 3 is 2.77 bits per heavy atom. The van der Waals surface area contributed by atoms with E-state index in [9.17, 15) is 4.79 Å². The van der Waals surface area contributed by atoms with Crippen molar-refractivity contribution in [1.29, 1.82) is 0 Å². The van der Waals surface area contributed by atoms with Crippen LogP contribution in [0.25, 0.3) is 0 Å². The van der Waals surface area contributed by atoms with E-state index >= 15 is 0 Å². The van der Waals surface area contributed by atoms with E-state index in [0.29, 0.717) is 0 Å². The molecule has 1 N–H and O–H groups in total. The standard InChI is InChI=1S/C11H16O2/c1-2-3-4-5-6-7-8-9-10-11(12)13/h9-10H,2-6H2,1H3,(H,12,13)/b10-9-. The number of hydrogen-bond acceptors (Lipinski definition) is 1. The summed E-state index contributed by atoms with van der Waals surface area (Å²) < 4.78 is 0. The van der Waals surface area contributed by atoms with Crippen LogP contribution < -0.4 is 0 Å². The van der Waals surface area contributed by atoms with Crippen LogP contribution in [-0.4, -0.2) is 11.1 Å². The summed E-state index contributed by atoms with van der Waals surface area (Å²) in [7, 11) is 0. The third-order valence-corrected chi connectivity index (χ3v) is 1.57. The molecule has 0 fully saturated rings. The average molecular weight is 180 g/mol. The highest BCUT2D eigenvalue weighted by atomic mass is 16.4. The van der Waals surface area contributed by atoms with Crippen molar-refractivity contribution in [2.75, 3.05) is 0 Å². The molecule has 0 aliphatic heterocycles. The molecule has 2 heteroatoms. The summed E-state index contributed by atoms with van der Waals surface area (Å²) in [6.07, 6.45) is 8.11. The van der Waals surface area contributed by atoms with Gasteiger partial charge in [-0.2, -0.15) is 0 Å². The van der Waals surface area contributed by atoms with E-state index in [2.05, 4.69) is 18.8 Å². The van der Waals surface area contributed by atoms with Crippen LogP contribution in [-0.2, 0) is 4.79 Å². The highest BCUT2D eigenvalue weighted by molar-refractivity contribution is 5.80. The molecule has 0 unspecified atom stereocenters. The van der Waals surface area contributed by atoms with Gasteiger partial charge in [-0.15, -0.1) is 0 Å². The molecular formula is C11H16O2. The number of unbranched alkanes of at least 4 members (excludes halogenated alkanes) is 4. The van der Waals surface area contributed by atoms with E-state index in [1.807, 2.05) is 0 Å². The summed E-state index contributed by atoms with van der Waals surface area (Å²) in [4.78, 5) is 10.0. The van der Waals surface area contributed by atoms with Crippen molar-refractivity contribution in [2.24, 2.45) is 0 Å². The van der Waals surface area contributed by atoms with E-state index in [4.69, 9.17) is 5.11 Å². The average Bonchev–Trinajstić information content (AvgIpc) is 2.09. The van der Waals surface area contributed by atoms with Gasteiger partial charge in [-0.1, -0.05) is 38.0 Å². The summed E-state index contributed by atoms with van der Waals surface area (Å²) in [5.74, 6) is 4.64. The molecule has 0 heterocycles. The molecule has 0 aliphatic carbocycles. The Morgan fingerprint density at radius 1 is 1.38 bits per heavy atom. The van der Waals surface area contributed by atoms with Gasteiger partial charge in [0, 0.05) is 12.5 Å². The third kappa shape index (κ3) is 10.8. The predicted octanol–water partition coefficient (Wildman–Crippen LogP) is 2.60. The summed E-state index contributed by atoms with van der Waals surface area (Å²) in [5, 5.41) is 8.23. The smallest absolute Gasteiger partial charge is 0.328 e. The van der Waals surface area contributed by atoms with Crippen molar-refractivity contribution in [3.05, 3.63) is 12.2 Å². The van der Waals surface area contributed by atoms with Crippen molar-refractivity contribution >= 4 is 5.97 Å². The monoisotopic (exact) mass is 180 g/mol. The van der Waals surface area contributed by atoms with Crippen LogP contribution in [0.3, 0.4) is 0 Å². The van der Waals surface area contributed by atoms with E-state index in [1.165, 1.54) is 25.3 Å². The zero-order valence-corrected chi connectivity index (χ0v) is 8.05. The molecule has 13 heavy (non-hydrogen) atoms. The highest BCUT2D eigenvalue weighted by Gasteiger charge is 1.83. The van der Waals surface area contributed by atoms with Crippen LogP contribution >= 0.6 is 0 Å². The molecule has 0 rings (SSSR count). The van der Waals surface area contributed by atoms with E-state index in [0.717, 1.165) is 18.9 Å². The molecule has 0 spiro atoms. The molecule has 0 atom stereocenters. The van der Waals surface area contributed by atoms with Gasteiger partial charge in [0.1, 0.15) is 0 Å². The quantitative estimate of drug-likeness (QED) is 0.401. The normalized spacial score (nSPS) is 9.62. The first-order valence-electron chi connectivity index (χ1n) is 4.65. The number of allylic oxidation sites excluding steroid dienone is 1.